The van der Waals surface area contributed by atoms with Gasteiger partial charge in [0.15, 0.2) is 0 Å². The number of rotatable bonds is 24. The van der Waals surface area contributed by atoms with E-state index >= 15 is 0 Å². The van der Waals surface area contributed by atoms with Gasteiger partial charge in [-0.25, -0.2) is 20.2 Å². The summed E-state index contributed by atoms with van der Waals surface area (Å²) in [6.45, 7) is 3.07. The van der Waals surface area contributed by atoms with Crippen LogP contribution in [0.4, 0.5) is 9.59 Å². The van der Waals surface area contributed by atoms with Crippen molar-refractivity contribution in [2.24, 2.45) is 0 Å². The summed E-state index contributed by atoms with van der Waals surface area (Å²) in [4.78, 5) is 28.6. The predicted octanol–water partition coefficient (Wildman–Crippen LogP) is 14.3. The molecule has 2 N–H and O–H groups in total. The zero-order chi connectivity index (χ0) is 66.1. The van der Waals surface area contributed by atoms with Crippen LogP contribution < -0.4 is 61.3 Å². The summed E-state index contributed by atoms with van der Waals surface area (Å²) in [6, 6.07) is 124. The molecule has 0 bridgehead atoms. The molecule has 8 nitrogen and oxygen atoms in total. The van der Waals surface area contributed by atoms with Gasteiger partial charge in [0.2, 0.25) is 0 Å². The van der Waals surface area contributed by atoms with Gasteiger partial charge in [0.25, 0.3) is 0 Å². The van der Waals surface area contributed by atoms with Gasteiger partial charge in [0, 0.05) is 25.2 Å². The van der Waals surface area contributed by atoms with E-state index in [9.17, 15) is 9.59 Å². The van der Waals surface area contributed by atoms with Crippen molar-refractivity contribution in [2.45, 2.75) is 50.3 Å². The van der Waals surface area contributed by atoms with Gasteiger partial charge in [-0.3, -0.25) is 9.80 Å². The number of nitrogens with one attached hydrogen (secondary N) is 2. The molecule has 98 heavy (non-hydrogen) atoms. The Bertz CT molecular complexity index is 3940. The molecule has 0 aliphatic carbocycles. The van der Waals surface area contributed by atoms with Gasteiger partial charge in [-0.1, -0.05) is 352 Å². The normalized spacial score (nSPS) is 14.6. The Morgan fingerprint density at radius 2 is 0.592 bits per heavy atom. The third-order valence-corrected chi connectivity index (χ3v) is 23.8. The molecule has 0 unspecified atom stereocenters. The standard InChI is InChI=1S/C48H46N2P2.C26H24N2O4.C12H10P.Li/c1-7-21-39(22-8-1)47(37-51(43-27-11-3-12-28-43)44-29-13-4-14-30-44)49-35-41-25-19-20-26-42(41)36-50-48(40-23-9-2-10-24-40)38-52(45-31-15-5-16-32-45)46-33-17-6-18-34-46;29-25-27(23(17-31-25)19-9-3-1-4-10-19)15-21-13-7-8-14-22(21)16-28-24(18-32-26(28)30)20-11-5-2-6-12-20;1-3-7-11(8-4-1)13-12-9-5-2-6-10-12;/h1-34,47-50H,35-38H2;1-14,23-24H,15-18H2;1-10H;/q;;-1;+1/t47-,48-;23-,24-;;/m11../s1. The Hall–Kier alpha value is -9.01. The minimum absolute atomic E-state index is 0. The molecule has 2 aliphatic rings. The van der Waals surface area contributed by atoms with E-state index in [4.69, 9.17) is 9.47 Å². The second kappa shape index (κ2) is 37.1. The molecule has 484 valence electrons. The summed E-state index contributed by atoms with van der Waals surface area (Å²) in [7, 11) is 0.155. The molecule has 12 aromatic carbocycles. The van der Waals surface area contributed by atoms with Crippen molar-refractivity contribution in [3.63, 3.8) is 0 Å². The van der Waals surface area contributed by atoms with Crippen LogP contribution in [-0.2, 0) is 35.7 Å². The van der Waals surface area contributed by atoms with Gasteiger partial charge in [-0.2, -0.15) is 0 Å². The molecule has 4 atom stereocenters. The average Bonchev–Trinajstić information content (AvgIpc) is 1.57. The van der Waals surface area contributed by atoms with Crippen LogP contribution in [-0.4, -0.2) is 47.5 Å². The molecule has 0 radical (unpaired) electrons. The maximum atomic E-state index is 12.5. The fourth-order valence-electron chi connectivity index (χ4n) is 12.4. The smallest absolute Gasteiger partial charge is 0.472 e. The van der Waals surface area contributed by atoms with E-state index < -0.39 is 15.8 Å². The van der Waals surface area contributed by atoms with Crippen LogP contribution in [0.3, 0.4) is 0 Å². The molecular weight excluding hydrogens is 1250 g/mol. The van der Waals surface area contributed by atoms with Gasteiger partial charge in [-0.05, 0) is 93.9 Å². The molecule has 14 rings (SSSR count). The van der Waals surface area contributed by atoms with E-state index in [1.807, 2.05) is 97.1 Å². The molecule has 2 heterocycles. The first kappa shape index (κ1) is 70.3. The van der Waals surface area contributed by atoms with E-state index in [0.29, 0.717) is 26.3 Å². The fraction of sp³-hybridized carbons (Fsp3) is 0.140. The maximum Gasteiger partial charge on any atom is 1.00 e. The monoisotopic (exact) mass is 1330 g/mol. The summed E-state index contributed by atoms with van der Waals surface area (Å²) < 4.78 is 10.7. The molecule has 2 fully saturated rings. The Labute approximate surface area is 595 Å². The predicted molar refractivity (Wildman–Crippen MR) is 404 cm³/mol. The van der Waals surface area contributed by atoms with E-state index in [0.717, 1.165) is 47.7 Å². The topological polar surface area (TPSA) is 83.1 Å². The molecule has 0 aromatic heterocycles. The van der Waals surface area contributed by atoms with Crippen LogP contribution in [0.5, 0.6) is 0 Å². The van der Waals surface area contributed by atoms with Crippen molar-refractivity contribution < 1.29 is 37.9 Å². The van der Waals surface area contributed by atoms with Gasteiger partial charge in [-0.15, -0.1) is 0 Å². The van der Waals surface area contributed by atoms with Crippen molar-refractivity contribution in [1.82, 2.24) is 20.4 Å². The SMILES string of the molecule is O=C1OC[C@H](c2ccccc2)N1Cc1ccccc1CN1C(=O)OC[C@@H]1c1ccccc1.[Li+].c1ccc([C@@H](CP(c2ccccc2)c2ccccc2)NCc2ccccc2CN[C@H](CP(c2ccccc2)c2ccccc2)c2ccccc2)cc1.c1ccc([P-]c2ccccc2)cc1. The van der Waals surface area contributed by atoms with E-state index in [2.05, 4.69) is 265 Å². The Morgan fingerprint density at radius 1 is 0.337 bits per heavy atom. The third kappa shape index (κ3) is 19.6. The van der Waals surface area contributed by atoms with Crippen LogP contribution >= 0.6 is 24.4 Å². The van der Waals surface area contributed by atoms with Crippen LogP contribution in [0.2, 0.25) is 0 Å². The number of nitrogens with zero attached hydrogens (tertiary/aromatic N) is 2. The molecule has 0 spiro atoms. The first-order valence-electron chi connectivity index (χ1n) is 33.2. The number of carbonyl (C=O) groups is 2. The first-order chi connectivity index (χ1) is 48.0. The molecule has 12 aromatic rings. The zero-order valence-electron chi connectivity index (χ0n) is 55.3. The summed E-state index contributed by atoms with van der Waals surface area (Å²) in [5.74, 6) is 0. The first-order valence-corrected chi connectivity index (χ1v) is 37.2. The number of cyclic esters (lactones) is 2. The van der Waals surface area contributed by atoms with E-state index in [-0.39, 0.29) is 55.2 Å². The van der Waals surface area contributed by atoms with Crippen molar-refractivity contribution in [2.75, 3.05) is 25.5 Å². The van der Waals surface area contributed by atoms with Gasteiger partial charge < -0.3 is 28.7 Å². The molecule has 2 saturated heterocycles. The van der Waals surface area contributed by atoms with Crippen molar-refractivity contribution in [1.29, 1.82) is 0 Å². The largest absolute Gasteiger partial charge is 1.00 e. The molecule has 0 saturated carbocycles. The van der Waals surface area contributed by atoms with Crippen LogP contribution in [0.25, 0.3) is 0 Å². The summed E-state index contributed by atoms with van der Waals surface area (Å²) in [5, 5.41) is 16.4. The molecule has 12 heteroatoms. The third-order valence-electron chi connectivity index (χ3n) is 17.5. The van der Waals surface area contributed by atoms with Crippen LogP contribution in [0.1, 0.15) is 68.7 Å². The van der Waals surface area contributed by atoms with Crippen LogP contribution in [0.15, 0.2) is 352 Å². The van der Waals surface area contributed by atoms with Crippen molar-refractivity contribution in [3.05, 3.63) is 396 Å². The van der Waals surface area contributed by atoms with Gasteiger partial charge >= 0.3 is 31.0 Å². The Kier molecular flexibility index (Phi) is 26.6. The number of hydrogen-bond donors (Lipinski definition) is 2. The number of carbonyl (C=O) groups excluding carboxylic acids is 2. The van der Waals surface area contributed by atoms with Gasteiger partial charge in [0.1, 0.15) is 13.2 Å². The average molecular weight is 1330 g/mol. The molecular formula is C86H80LiN4O4P3. The summed E-state index contributed by atoms with van der Waals surface area (Å²) in [6.07, 6.45) is 1.39. The summed E-state index contributed by atoms with van der Waals surface area (Å²) >= 11 is 0. The van der Waals surface area contributed by atoms with Gasteiger partial charge in [0.05, 0.1) is 25.2 Å². The summed E-state index contributed by atoms with van der Waals surface area (Å²) in [5.41, 5.74) is 9.39. The number of hydrogen-bond acceptors (Lipinski definition) is 6. The Morgan fingerprint density at radius 3 is 0.898 bits per heavy atom. The zero-order valence-corrected chi connectivity index (χ0v) is 58.0. The maximum absolute atomic E-state index is 12.5. The molecule has 2 aliphatic heterocycles. The second-order valence-electron chi connectivity index (χ2n) is 23.8. The minimum Gasteiger partial charge on any atom is -0.472 e. The van der Waals surface area contributed by atoms with Crippen molar-refractivity contribution in [3.8, 4) is 0 Å². The van der Waals surface area contributed by atoms with E-state index in [1.165, 1.54) is 62.7 Å². The number of amides is 2. The molecule has 2 amide bonds. The Balaban J connectivity index is 0.000000177. The fourth-order valence-corrected chi connectivity index (χ4v) is 18.3. The number of benzene rings is 12. The minimum atomic E-state index is -0.563. The van der Waals surface area contributed by atoms with Crippen molar-refractivity contribution >= 4 is 68.4 Å². The quantitative estimate of drug-likeness (QED) is 0.0463. The van der Waals surface area contributed by atoms with Crippen LogP contribution in [0, 0.1) is 0 Å². The van der Waals surface area contributed by atoms with E-state index in [1.54, 1.807) is 9.80 Å². The second-order valence-corrected chi connectivity index (χ2v) is 29.6. The number of ether oxygens (including phenoxy) is 2.